The first kappa shape index (κ1) is 16.8. The average molecular weight is 310 g/mol. The smallest absolute Gasteiger partial charge is 0.0514 e. The van der Waals surface area contributed by atoms with Gasteiger partial charge in [-0.3, -0.25) is 9.80 Å². The van der Waals surface area contributed by atoms with Crippen LogP contribution in [0.15, 0.2) is 24.3 Å². The number of halogens is 1. The lowest BCUT2D eigenvalue weighted by Crippen LogP contribution is -2.52. The van der Waals surface area contributed by atoms with Crippen LogP contribution in [-0.4, -0.2) is 48.1 Å². The Morgan fingerprint density at radius 3 is 2.19 bits per heavy atom. The molecule has 0 spiro atoms. The zero-order chi connectivity index (χ0) is 15.4. The quantitative estimate of drug-likeness (QED) is 0.907. The monoisotopic (exact) mass is 309 g/mol. The van der Waals surface area contributed by atoms with Gasteiger partial charge in [0.2, 0.25) is 0 Å². The highest BCUT2D eigenvalue weighted by atomic mass is 35.5. The molecular formula is C17H28ClN3. The Morgan fingerprint density at radius 1 is 1.10 bits per heavy atom. The van der Waals surface area contributed by atoms with Gasteiger partial charge in [-0.25, -0.2) is 0 Å². The summed E-state index contributed by atoms with van der Waals surface area (Å²) in [5.74, 6) is 0. The van der Waals surface area contributed by atoms with Gasteiger partial charge in [0.15, 0.2) is 0 Å². The fraction of sp³-hybridized carbons (Fsp3) is 0.647. The van der Waals surface area contributed by atoms with Crippen LogP contribution < -0.4 is 5.73 Å². The van der Waals surface area contributed by atoms with Gasteiger partial charge in [0, 0.05) is 43.3 Å². The summed E-state index contributed by atoms with van der Waals surface area (Å²) in [4.78, 5) is 5.03. The molecule has 1 aliphatic rings. The molecule has 21 heavy (non-hydrogen) atoms. The largest absolute Gasteiger partial charge is 0.326 e. The van der Waals surface area contributed by atoms with Gasteiger partial charge in [0.1, 0.15) is 0 Å². The highest BCUT2D eigenvalue weighted by molar-refractivity contribution is 6.31. The van der Waals surface area contributed by atoms with E-state index in [1.54, 1.807) is 0 Å². The van der Waals surface area contributed by atoms with Gasteiger partial charge in [0.05, 0.1) is 6.04 Å². The first-order chi connectivity index (χ1) is 10.0. The van der Waals surface area contributed by atoms with Crippen LogP contribution in [-0.2, 0) is 0 Å². The molecule has 1 aliphatic heterocycles. The van der Waals surface area contributed by atoms with Gasteiger partial charge < -0.3 is 5.73 Å². The minimum atomic E-state index is 0.121. The lowest BCUT2D eigenvalue weighted by molar-refractivity contribution is 0.0679. The van der Waals surface area contributed by atoms with E-state index in [-0.39, 0.29) is 12.1 Å². The summed E-state index contributed by atoms with van der Waals surface area (Å²) >= 11 is 6.43. The van der Waals surface area contributed by atoms with E-state index in [0.29, 0.717) is 6.04 Å². The van der Waals surface area contributed by atoms with Gasteiger partial charge >= 0.3 is 0 Å². The predicted molar refractivity (Wildman–Crippen MR) is 90.7 cm³/mol. The fourth-order valence-corrected chi connectivity index (χ4v) is 3.42. The maximum atomic E-state index is 6.43. The number of nitrogens with zero attached hydrogens (tertiary/aromatic N) is 2. The van der Waals surface area contributed by atoms with E-state index in [9.17, 15) is 0 Å². The molecule has 0 aromatic heterocycles. The van der Waals surface area contributed by atoms with Crippen molar-refractivity contribution in [1.29, 1.82) is 0 Å². The van der Waals surface area contributed by atoms with Gasteiger partial charge in [-0.05, 0) is 31.9 Å². The molecule has 0 radical (unpaired) electrons. The van der Waals surface area contributed by atoms with Crippen LogP contribution in [0.25, 0.3) is 0 Å². The number of nitrogens with two attached hydrogens (primary N) is 1. The topological polar surface area (TPSA) is 32.5 Å². The normalized spacial score (nSPS) is 20.7. The molecule has 1 fully saturated rings. The lowest BCUT2D eigenvalue weighted by Gasteiger charge is -2.43. The van der Waals surface area contributed by atoms with Crippen LogP contribution in [0.3, 0.4) is 0 Å². The Kier molecular flexibility index (Phi) is 6.06. The van der Waals surface area contributed by atoms with Crippen LogP contribution in [0.2, 0.25) is 5.02 Å². The second-order valence-corrected chi connectivity index (χ2v) is 6.61. The van der Waals surface area contributed by atoms with Crippen molar-refractivity contribution in [3.8, 4) is 0 Å². The summed E-state index contributed by atoms with van der Waals surface area (Å²) in [5, 5.41) is 0.831. The maximum Gasteiger partial charge on any atom is 0.0514 e. The first-order valence-corrected chi connectivity index (χ1v) is 8.40. The third-order valence-corrected chi connectivity index (χ3v) is 4.92. The van der Waals surface area contributed by atoms with Crippen molar-refractivity contribution in [2.75, 3.05) is 26.2 Å². The summed E-state index contributed by atoms with van der Waals surface area (Å²) in [6.45, 7) is 11.0. The van der Waals surface area contributed by atoms with Crippen LogP contribution in [0, 0.1) is 0 Å². The average Bonchev–Trinajstić information content (AvgIpc) is 2.49. The minimum absolute atomic E-state index is 0.121. The Labute approximate surface area is 134 Å². The van der Waals surface area contributed by atoms with Gasteiger partial charge in [-0.1, -0.05) is 36.7 Å². The Morgan fingerprint density at radius 2 is 1.67 bits per heavy atom. The third kappa shape index (κ3) is 3.98. The molecule has 0 bridgehead atoms. The minimum Gasteiger partial charge on any atom is -0.326 e. The van der Waals surface area contributed by atoms with Crippen LogP contribution in [0.4, 0.5) is 0 Å². The molecule has 0 amide bonds. The first-order valence-electron chi connectivity index (χ1n) is 8.02. The fourth-order valence-electron chi connectivity index (χ4n) is 3.17. The number of benzene rings is 1. The predicted octanol–water partition coefficient (Wildman–Crippen LogP) is 3.14. The molecule has 2 N–H and O–H groups in total. The molecule has 1 saturated heterocycles. The van der Waals surface area contributed by atoms with Gasteiger partial charge in [0.25, 0.3) is 0 Å². The molecule has 1 aromatic carbocycles. The van der Waals surface area contributed by atoms with Crippen molar-refractivity contribution in [2.45, 2.75) is 45.3 Å². The number of rotatable bonds is 5. The summed E-state index contributed by atoms with van der Waals surface area (Å²) in [5.41, 5.74) is 7.60. The van der Waals surface area contributed by atoms with E-state index in [0.717, 1.165) is 37.6 Å². The lowest BCUT2D eigenvalue weighted by atomic mass is 9.95. The summed E-state index contributed by atoms with van der Waals surface area (Å²) < 4.78 is 0. The Bertz CT molecular complexity index is 441. The van der Waals surface area contributed by atoms with Crippen molar-refractivity contribution in [2.24, 2.45) is 5.73 Å². The zero-order valence-corrected chi connectivity index (χ0v) is 14.2. The maximum absolute atomic E-state index is 6.43. The number of hydrogen-bond acceptors (Lipinski definition) is 3. The number of piperazine rings is 1. The third-order valence-electron chi connectivity index (χ3n) is 4.57. The molecule has 118 valence electrons. The van der Waals surface area contributed by atoms with Crippen molar-refractivity contribution >= 4 is 11.6 Å². The van der Waals surface area contributed by atoms with Crippen LogP contribution >= 0.6 is 11.6 Å². The van der Waals surface area contributed by atoms with E-state index in [2.05, 4.69) is 42.7 Å². The number of hydrogen-bond donors (Lipinski definition) is 1. The molecule has 3 nitrogen and oxygen atoms in total. The van der Waals surface area contributed by atoms with Crippen molar-refractivity contribution < 1.29 is 0 Å². The van der Waals surface area contributed by atoms with Gasteiger partial charge in [-0.15, -0.1) is 0 Å². The van der Waals surface area contributed by atoms with Crippen molar-refractivity contribution in [3.05, 3.63) is 34.9 Å². The van der Waals surface area contributed by atoms with Crippen LogP contribution in [0.5, 0.6) is 0 Å². The molecule has 1 heterocycles. The van der Waals surface area contributed by atoms with Gasteiger partial charge in [-0.2, -0.15) is 0 Å². The Balaban J connectivity index is 2.17. The highest BCUT2D eigenvalue weighted by Gasteiger charge is 2.30. The second-order valence-electron chi connectivity index (χ2n) is 6.20. The molecule has 0 saturated carbocycles. The Hall–Kier alpha value is -0.610. The van der Waals surface area contributed by atoms with Crippen molar-refractivity contribution in [3.63, 3.8) is 0 Å². The summed E-state index contributed by atoms with van der Waals surface area (Å²) in [7, 11) is 0. The summed E-state index contributed by atoms with van der Waals surface area (Å²) in [6.07, 6.45) is 0.959. The molecule has 4 heteroatoms. The van der Waals surface area contributed by atoms with E-state index >= 15 is 0 Å². The molecular weight excluding hydrogens is 282 g/mol. The second kappa shape index (κ2) is 7.59. The van der Waals surface area contributed by atoms with E-state index in [4.69, 9.17) is 17.3 Å². The SMILES string of the molecule is CCC(N)C(c1ccccc1Cl)N1CCN(C(C)C)CC1. The van der Waals surface area contributed by atoms with E-state index < -0.39 is 0 Å². The standard InChI is InChI=1S/C17H28ClN3/c1-4-16(19)17(14-7-5-6-8-15(14)18)21-11-9-20(10-12-21)13(2)3/h5-8,13,16-17H,4,9-12,19H2,1-3H3. The molecule has 0 aliphatic carbocycles. The molecule has 2 atom stereocenters. The highest BCUT2D eigenvalue weighted by Crippen LogP contribution is 2.31. The molecule has 2 unspecified atom stereocenters. The molecule has 1 aromatic rings. The van der Waals surface area contributed by atoms with E-state index in [1.807, 2.05) is 12.1 Å². The zero-order valence-electron chi connectivity index (χ0n) is 13.4. The van der Waals surface area contributed by atoms with Crippen LogP contribution in [0.1, 0.15) is 38.8 Å². The van der Waals surface area contributed by atoms with E-state index in [1.165, 1.54) is 5.56 Å². The summed E-state index contributed by atoms with van der Waals surface area (Å²) in [6, 6.07) is 9.09. The molecule has 2 rings (SSSR count). The van der Waals surface area contributed by atoms with Crippen molar-refractivity contribution in [1.82, 2.24) is 9.80 Å².